The summed E-state index contributed by atoms with van der Waals surface area (Å²) in [6.45, 7) is 6.49. The maximum Gasteiger partial charge on any atom is 0.229 e. The van der Waals surface area contributed by atoms with E-state index in [1.807, 2.05) is 19.0 Å². The summed E-state index contributed by atoms with van der Waals surface area (Å²) < 4.78 is 0. The third-order valence-electron chi connectivity index (χ3n) is 2.92. The quantitative estimate of drug-likeness (QED) is 0.935. The molecule has 2 aromatic rings. The number of hydrogen-bond donors (Lipinski definition) is 1. The molecule has 0 saturated heterocycles. The van der Waals surface area contributed by atoms with E-state index in [2.05, 4.69) is 46.4 Å². The van der Waals surface area contributed by atoms with E-state index in [4.69, 9.17) is 4.98 Å². The second-order valence-electron chi connectivity index (χ2n) is 6.07. The zero-order chi connectivity index (χ0) is 15.6. The van der Waals surface area contributed by atoms with Crippen LogP contribution in [0, 0.1) is 0 Å². The van der Waals surface area contributed by atoms with Crippen LogP contribution in [0.3, 0.4) is 0 Å². The normalized spacial score (nSPS) is 11.5. The van der Waals surface area contributed by atoms with Gasteiger partial charge in [-0.15, -0.1) is 11.3 Å². The zero-order valence-corrected chi connectivity index (χ0v) is 14.2. The van der Waals surface area contributed by atoms with Crippen LogP contribution in [0.15, 0.2) is 5.38 Å². The summed E-state index contributed by atoms with van der Waals surface area (Å²) in [6.07, 6.45) is 0.624. The summed E-state index contributed by atoms with van der Waals surface area (Å²) in [6, 6.07) is 0. The number of rotatable bonds is 4. The van der Waals surface area contributed by atoms with Gasteiger partial charge in [-0.1, -0.05) is 20.8 Å². The second kappa shape index (κ2) is 5.93. The lowest BCUT2D eigenvalue weighted by atomic mass is 9.93. The number of nitrogens with zero attached hydrogens (tertiary/aromatic N) is 5. The fourth-order valence-corrected chi connectivity index (χ4v) is 2.69. The van der Waals surface area contributed by atoms with Gasteiger partial charge in [-0.2, -0.15) is 15.0 Å². The monoisotopic (exact) mass is 306 g/mol. The molecule has 21 heavy (non-hydrogen) atoms. The molecule has 0 aliphatic rings. The summed E-state index contributed by atoms with van der Waals surface area (Å²) in [5.74, 6) is 1.96. The van der Waals surface area contributed by atoms with Crippen LogP contribution in [0.2, 0.25) is 0 Å². The van der Waals surface area contributed by atoms with E-state index < -0.39 is 0 Å². The van der Waals surface area contributed by atoms with Crippen molar-refractivity contribution in [3.05, 3.63) is 21.9 Å². The molecule has 0 unspecified atom stereocenters. The SMILES string of the molecule is CNc1nc(Cc2nc(C(C)(C)C)cs2)nc(N(C)C)n1. The van der Waals surface area contributed by atoms with E-state index in [1.165, 1.54) is 0 Å². The van der Waals surface area contributed by atoms with E-state index >= 15 is 0 Å². The number of hydrogen-bond acceptors (Lipinski definition) is 7. The molecule has 0 amide bonds. The average molecular weight is 306 g/mol. The van der Waals surface area contributed by atoms with Gasteiger partial charge < -0.3 is 10.2 Å². The second-order valence-corrected chi connectivity index (χ2v) is 7.02. The lowest BCUT2D eigenvalue weighted by Gasteiger charge is -2.14. The van der Waals surface area contributed by atoms with E-state index in [0.29, 0.717) is 18.3 Å². The zero-order valence-electron chi connectivity index (χ0n) is 13.4. The summed E-state index contributed by atoms with van der Waals surface area (Å²) in [4.78, 5) is 19.8. The number of thiazole rings is 1. The molecular weight excluding hydrogens is 284 g/mol. The molecule has 6 nitrogen and oxygen atoms in total. The van der Waals surface area contributed by atoms with E-state index in [1.54, 1.807) is 18.4 Å². The summed E-state index contributed by atoms with van der Waals surface area (Å²) >= 11 is 1.65. The van der Waals surface area contributed by atoms with Crippen molar-refractivity contribution in [3.8, 4) is 0 Å². The van der Waals surface area contributed by atoms with Crippen LogP contribution in [0.25, 0.3) is 0 Å². The van der Waals surface area contributed by atoms with Gasteiger partial charge >= 0.3 is 0 Å². The van der Waals surface area contributed by atoms with Crippen LogP contribution >= 0.6 is 11.3 Å². The topological polar surface area (TPSA) is 66.8 Å². The third kappa shape index (κ3) is 3.87. The molecule has 7 heteroatoms. The van der Waals surface area contributed by atoms with Crippen molar-refractivity contribution in [3.63, 3.8) is 0 Å². The van der Waals surface area contributed by atoms with Gasteiger partial charge in [-0.05, 0) is 0 Å². The molecule has 0 radical (unpaired) electrons. The van der Waals surface area contributed by atoms with Crippen LogP contribution in [-0.2, 0) is 11.8 Å². The van der Waals surface area contributed by atoms with Crippen LogP contribution < -0.4 is 10.2 Å². The Bertz CT molecular complexity index is 614. The predicted molar refractivity (Wildman–Crippen MR) is 87.3 cm³/mol. The average Bonchev–Trinajstić information content (AvgIpc) is 2.86. The minimum absolute atomic E-state index is 0.0682. The molecule has 0 aliphatic carbocycles. The molecule has 0 bridgehead atoms. The van der Waals surface area contributed by atoms with Crippen LogP contribution in [0.4, 0.5) is 11.9 Å². The van der Waals surface area contributed by atoms with Gasteiger partial charge in [-0.25, -0.2) is 4.98 Å². The Morgan fingerprint density at radius 1 is 1.14 bits per heavy atom. The Balaban J connectivity index is 2.26. The fourth-order valence-electron chi connectivity index (χ4n) is 1.67. The Labute approximate surface area is 129 Å². The molecule has 2 heterocycles. The molecule has 0 aliphatic heterocycles. The molecule has 114 valence electrons. The Morgan fingerprint density at radius 2 is 1.86 bits per heavy atom. The Morgan fingerprint density at radius 3 is 2.38 bits per heavy atom. The lowest BCUT2D eigenvalue weighted by Crippen LogP contribution is -2.16. The highest BCUT2D eigenvalue weighted by molar-refractivity contribution is 7.09. The Hall–Kier alpha value is -1.76. The largest absolute Gasteiger partial charge is 0.357 e. The summed E-state index contributed by atoms with van der Waals surface area (Å²) in [5.41, 5.74) is 1.18. The first-order valence-corrected chi connectivity index (χ1v) is 7.72. The standard InChI is InChI=1S/C14H22N6S/c1-14(2,3)9-8-21-11(16-9)7-10-17-12(15-4)19-13(18-10)20(5)6/h8H,7H2,1-6H3,(H,15,17,18,19). The van der Waals surface area contributed by atoms with Crippen molar-refractivity contribution in [2.45, 2.75) is 32.6 Å². The molecular formula is C14H22N6S. The number of anilines is 2. The highest BCUT2D eigenvalue weighted by atomic mass is 32.1. The van der Waals surface area contributed by atoms with E-state index in [0.717, 1.165) is 16.5 Å². The maximum atomic E-state index is 4.69. The van der Waals surface area contributed by atoms with Crippen molar-refractivity contribution in [1.29, 1.82) is 0 Å². The molecule has 0 aromatic carbocycles. The summed E-state index contributed by atoms with van der Waals surface area (Å²) in [5, 5.41) is 6.11. The highest BCUT2D eigenvalue weighted by Crippen LogP contribution is 2.24. The number of aromatic nitrogens is 4. The van der Waals surface area contributed by atoms with Crippen LogP contribution in [-0.4, -0.2) is 41.1 Å². The third-order valence-corrected chi connectivity index (χ3v) is 3.77. The molecule has 2 rings (SSSR count). The lowest BCUT2D eigenvalue weighted by molar-refractivity contribution is 0.571. The van der Waals surface area contributed by atoms with Gasteiger partial charge in [0.15, 0.2) is 0 Å². The van der Waals surface area contributed by atoms with Gasteiger partial charge in [0, 0.05) is 31.9 Å². The van der Waals surface area contributed by atoms with Gasteiger partial charge in [0.05, 0.1) is 12.1 Å². The first-order chi connectivity index (χ1) is 9.79. The van der Waals surface area contributed by atoms with Crippen molar-refractivity contribution in [1.82, 2.24) is 19.9 Å². The fraction of sp³-hybridized carbons (Fsp3) is 0.571. The Kier molecular flexibility index (Phi) is 4.41. The molecule has 0 spiro atoms. The van der Waals surface area contributed by atoms with Gasteiger partial charge in [0.2, 0.25) is 11.9 Å². The van der Waals surface area contributed by atoms with Crippen LogP contribution in [0.1, 0.15) is 37.3 Å². The predicted octanol–water partition coefficient (Wildman–Crippen LogP) is 2.32. The van der Waals surface area contributed by atoms with Crippen molar-refractivity contribution < 1.29 is 0 Å². The minimum atomic E-state index is 0.0682. The molecule has 0 saturated carbocycles. The summed E-state index contributed by atoms with van der Waals surface area (Å²) in [7, 11) is 5.64. The van der Waals surface area contributed by atoms with Crippen molar-refractivity contribution in [2.24, 2.45) is 0 Å². The number of nitrogens with one attached hydrogen (secondary N) is 1. The van der Waals surface area contributed by atoms with Crippen molar-refractivity contribution >= 4 is 23.2 Å². The molecule has 1 N–H and O–H groups in total. The first kappa shape index (κ1) is 15.6. The highest BCUT2D eigenvalue weighted by Gasteiger charge is 2.18. The molecule has 0 atom stereocenters. The molecule has 0 fully saturated rings. The maximum absolute atomic E-state index is 4.69. The van der Waals surface area contributed by atoms with Crippen LogP contribution in [0.5, 0.6) is 0 Å². The van der Waals surface area contributed by atoms with E-state index in [-0.39, 0.29) is 5.41 Å². The van der Waals surface area contributed by atoms with E-state index in [9.17, 15) is 0 Å². The smallest absolute Gasteiger partial charge is 0.229 e. The van der Waals surface area contributed by atoms with Gasteiger partial charge in [0.1, 0.15) is 10.8 Å². The van der Waals surface area contributed by atoms with Gasteiger partial charge in [0.25, 0.3) is 0 Å². The molecule has 2 aromatic heterocycles. The van der Waals surface area contributed by atoms with Crippen molar-refractivity contribution in [2.75, 3.05) is 31.4 Å². The minimum Gasteiger partial charge on any atom is -0.357 e. The first-order valence-electron chi connectivity index (χ1n) is 6.84. The van der Waals surface area contributed by atoms with Gasteiger partial charge in [-0.3, -0.25) is 0 Å².